The molecule has 2 N–H and O–H groups in total. The van der Waals surface area contributed by atoms with Crippen molar-refractivity contribution in [2.45, 2.75) is 38.9 Å². The first-order chi connectivity index (χ1) is 7.98. The summed E-state index contributed by atoms with van der Waals surface area (Å²) in [6, 6.07) is 3.83. The second kappa shape index (κ2) is 6.19. The van der Waals surface area contributed by atoms with E-state index in [9.17, 15) is 0 Å². The van der Waals surface area contributed by atoms with Crippen molar-refractivity contribution >= 4 is 0 Å². The fraction of sp³-hybridized carbons (Fsp3) is 0.692. The van der Waals surface area contributed by atoms with Crippen LogP contribution in [0.4, 0.5) is 0 Å². The number of hydrogen-bond acceptors (Lipinski definition) is 4. The number of methoxy groups -OCH3 is 1. The summed E-state index contributed by atoms with van der Waals surface area (Å²) in [5, 5.41) is 0. The molecule has 0 radical (unpaired) electrons. The van der Waals surface area contributed by atoms with Gasteiger partial charge in [-0.3, -0.25) is 0 Å². The molecule has 1 aromatic heterocycles. The molecule has 0 saturated heterocycles. The van der Waals surface area contributed by atoms with Gasteiger partial charge in [0.1, 0.15) is 17.6 Å². The smallest absolute Gasteiger partial charge is 0.134 e. The molecule has 0 spiro atoms. The minimum Gasteiger partial charge on any atom is -0.464 e. The van der Waals surface area contributed by atoms with Crippen molar-refractivity contribution in [1.82, 2.24) is 0 Å². The monoisotopic (exact) mass is 241 g/mol. The number of hydrogen-bond donors (Lipinski definition) is 1. The second-order valence-corrected chi connectivity index (χ2v) is 4.76. The van der Waals surface area contributed by atoms with Crippen LogP contribution in [-0.4, -0.2) is 25.9 Å². The van der Waals surface area contributed by atoms with Gasteiger partial charge in [0.25, 0.3) is 0 Å². The lowest BCUT2D eigenvalue weighted by Gasteiger charge is -2.23. The van der Waals surface area contributed by atoms with Crippen LogP contribution in [0.2, 0.25) is 0 Å². The summed E-state index contributed by atoms with van der Waals surface area (Å²) in [4.78, 5) is 0. The Hall–Kier alpha value is -0.840. The molecule has 0 fully saturated rings. The van der Waals surface area contributed by atoms with Gasteiger partial charge >= 0.3 is 0 Å². The van der Waals surface area contributed by atoms with Gasteiger partial charge in [0.05, 0.1) is 12.2 Å². The SMILES string of the molecule is COC(C)(C)CCOC(CN)c1ccc(C)o1. The van der Waals surface area contributed by atoms with Gasteiger partial charge in [-0.2, -0.15) is 0 Å². The molecular weight excluding hydrogens is 218 g/mol. The zero-order chi connectivity index (χ0) is 12.9. The van der Waals surface area contributed by atoms with Crippen LogP contribution in [0.3, 0.4) is 0 Å². The van der Waals surface area contributed by atoms with Gasteiger partial charge in [-0.1, -0.05) is 0 Å². The Bertz CT molecular complexity index is 333. The lowest BCUT2D eigenvalue weighted by molar-refractivity contribution is -0.0298. The maximum Gasteiger partial charge on any atom is 0.134 e. The summed E-state index contributed by atoms with van der Waals surface area (Å²) in [6.45, 7) is 6.99. The molecule has 1 aromatic rings. The number of aryl methyl sites for hydroxylation is 1. The van der Waals surface area contributed by atoms with Crippen LogP contribution in [-0.2, 0) is 9.47 Å². The number of furan rings is 1. The summed E-state index contributed by atoms with van der Waals surface area (Å²) in [6.07, 6.45) is 0.649. The molecule has 0 aromatic carbocycles. The molecule has 0 amide bonds. The van der Waals surface area contributed by atoms with E-state index in [1.165, 1.54) is 0 Å². The van der Waals surface area contributed by atoms with E-state index in [2.05, 4.69) is 0 Å². The average molecular weight is 241 g/mol. The highest BCUT2D eigenvalue weighted by molar-refractivity contribution is 5.08. The first-order valence-electron chi connectivity index (χ1n) is 5.91. The normalized spacial score (nSPS) is 13.9. The van der Waals surface area contributed by atoms with Crippen LogP contribution in [0, 0.1) is 6.92 Å². The zero-order valence-corrected chi connectivity index (χ0v) is 11.2. The van der Waals surface area contributed by atoms with Gasteiger partial charge in [-0.25, -0.2) is 0 Å². The Morgan fingerprint density at radius 1 is 1.41 bits per heavy atom. The molecule has 4 heteroatoms. The average Bonchev–Trinajstić information content (AvgIpc) is 2.71. The van der Waals surface area contributed by atoms with E-state index in [1.54, 1.807) is 7.11 Å². The highest BCUT2D eigenvalue weighted by atomic mass is 16.5. The molecule has 1 atom stereocenters. The third-order valence-electron chi connectivity index (χ3n) is 2.87. The van der Waals surface area contributed by atoms with E-state index < -0.39 is 0 Å². The number of ether oxygens (including phenoxy) is 2. The summed E-state index contributed by atoms with van der Waals surface area (Å²) < 4.78 is 16.6. The van der Waals surface area contributed by atoms with E-state index in [1.807, 2.05) is 32.9 Å². The van der Waals surface area contributed by atoms with Crippen molar-refractivity contribution in [3.8, 4) is 0 Å². The first kappa shape index (κ1) is 14.2. The van der Waals surface area contributed by atoms with E-state index in [4.69, 9.17) is 19.6 Å². The molecule has 1 heterocycles. The third-order valence-corrected chi connectivity index (χ3v) is 2.87. The van der Waals surface area contributed by atoms with E-state index in [0.717, 1.165) is 17.9 Å². The van der Waals surface area contributed by atoms with Crippen molar-refractivity contribution in [1.29, 1.82) is 0 Å². The molecule has 0 aliphatic carbocycles. The van der Waals surface area contributed by atoms with Crippen LogP contribution in [0.25, 0.3) is 0 Å². The Kier molecular flexibility index (Phi) is 5.18. The lowest BCUT2D eigenvalue weighted by atomic mass is 10.1. The fourth-order valence-electron chi connectivity index (χ4n) is 1.44. The molecule has 0 bridgehead atoms. The minimum absolute atomic E-state index is 0.168. The van der Waals surface area contributed by atoms with Crippen molar-refractivity contribution in [2.24, 2.45) is 5.73 Å². The van der Waals surface area contributed by atoms with Crippen LogP contribution in [0.15, 0.2) is 16.5 Å². The van der Waals surface area contributed by atoms with Crippen molar-refractivity contribution in [3.05, 3.63) is 23.7 Å². The van der Waals surface area contributed by atoms with Crippen LogP contribution >= 0.6 is 0 Å². The van der Waals surface area contributed by atoms with Crippen LogP contribution < -0.4 is 5.73 Å². The maximum absolute atomic E-state index is 5.73. The second-order valence-electron chi connectivity index (χ2n) is 4.76. The zero-order valence-electron chi connectivity index (χ0n) is 11.2. The van der Waals surface area contributed by atoms with Gasteiger partial charge in [-0.05, 0) is 39.3 Å². The largest absolute Gasteiger partial charge is 0.464 e. The topological polar surface area (TPSA) is 57.6 Å². The molecule has 1 unspecified atom stereocenters. The predicted molar refractivity (Wildman–Crippen MR) is 66.9 cm³/mol. The molecule has 0 saturated carbocycles. The highest BCUT2D eigenvalue weighted by Crippen LogP contribution is 2.21. The first-order valence-corrected chi connectivity index (χ1v) is 5.91. The standard InChI is InChI=1S/C13H23NO3/c1-10-5-6-11(17-10)12(9-14)16-8-7-13(2,3)15-4/h5-6,12H,7-9,14H2,1-4H3. The highest BCUT2D eigenvalue weighted by Gasteiger charge is 2.19. The molecule has 1 rings (SSSR count). The van der Waals surface area contributed by atoms with Crippen molar-refractivity contribution < 1.29 is 13.9 Å². The molecule has 0 aliphatic rings. The summed E-state index contributed by atoms with van der Waals surface area (Å²) in [7, 11) is 1.70. The molecule has 17 heavy (non-hydrogen) atoms. The fourth-order valence-corrected chi connectivity index (χ4v) is 1.44. The molecule has 98 valence electrons. The Balaban J connectivity index is 2.43. The minimum atomic E-state index is -0.170. The summed E-state index contributed by atoms with van der Waals surface area (Å²) >= 11 is 0. The van der Waals surface area contributed by atoms with Gasteiger partial charge in [0.2, 0.25) is 0 Å². The van der Waals surface area contributed by atoms with Gasteiger partial charge in [-0.15, -0.1) is 0 Å². The Labute approximate surface area is 103 Å². The lowest BCUT2D eigenvalue weighted by Crippen LogP contribution is -2.26. The third kappa shape index (κ3) is 4.50. The maximum atomic E-state index is 5.73. The summed E-state index contributed by atoms with van der Waals surface area (Å²) in [5.74, 6) is 1.67. The molecule has 0 aliphatic heterocycles. The number of nitrogens with two attached hydrogens (primary N) is 1. The number of rotatable bonds is 7. The predicted octanol–water partition coefficient (Wildman–Crippen LogP) is 2.42. The quantitative estimate of drug-likeness (QED) is 0.796. The van der Waals surface area contributed by atoms with Crippen molar-refractivity contribution in [3.63, 3.8) is 0 Å². The van der Waals surface area contributed by atoms with E-state index in [-0.39, 0.29) is 11.7 Å². The Morgan fingerprint density at radius 3 is 2.59 bits per heavy atom. The van der Waals surface area contributed by atoms with E-state index in [0.29, 0.717) is 13.2 Å². The summed E-state index contributed by atoms with van der Waals surface area (Å²) in [5.41, 5.74) is 5.51. The van der Waals surface area contributed by atoms with Gasteiger partial charge < -0.3 is 19.6 Å². The van der Waals surface area contributed by atoms with E-state index >= 15 is 0 Å². The molecular formula is C13H23NO3. The van der Waals surface area contributed by atoms with Crippen LogP contribution in [0.1, 0.15) is 37.9 Å². The van der Waals surface area contributed by atoms with Crippen LogP contribution in [0.5, 0.6) is 0 Å². The van der Waals surface area contributed by atoms with Gasteiger partial charge in [0.15, 0.2) is 0 Å². The Morgan fingerprint density at radius 2 is 2.12 bits per heavy atom. The van der Waals surface area contributed by atoms with Gasteiger partial charge in [0, 0.05) is 13.7 Å². The van der Waals surface area contributed by atoms with Crippen molar-refractivity contribution in [2.75, 3.05) is 20.3 Å². The molecule has 4 nitrogen and oxygen atoms in total.